The summed E-state index contributed by atoms with van der Waals surface area (Å²) in [5.41, 5.74) is 1.22. The maximum Gasteiger partial charge on any atom is 0.341 e. The van der Waals surface area contributed by atoms with Gasteiger partial charge in [0.15, 0.2) is 11.6 Å². The number of hydrogen-bond acceptors (Lipinski definition) is 6. The fraction of sp³-hybridized carbons (Fsp3) is 0.417. The number of carbonyl (C=O) groups excluding carboxylic acids is 2. The zero-order valence-corrected chi connectivity index (χ0v) is 18.0. The van der Waals surface area contributed by atoms with Gasteiger partial charge in [0.1, 0.15) is 11.3 Å². The molecule has 2 rings (SSSR count). The van der Waals surface area contributed by atoms with Crippen LogP contribution in [-0.2, 0) is 14.3 Å². The molecule has 1 aromatic carbocycles. The van der Waals surface area contributed by atoms with Crippen LogP contribution in [-0.4, -0.2) is 35.4 Å². The molecule has 6 nitrogen and oxygen atoms in total. The van der Waals surface area contributed by atoms with Crippen molar-refractivity contribution in [2.45, 2.75) is 52.4 Å². The number of unbranched alkanes of at least 4 members (excludes halogenated alkanes) is 5. The van der Waals surface area contributed by atoms with E-state index in [1.54, 1.807) is 12.3 Å². The van der Waals surface area contributed by atoms with Gasteiger partial charge in [0.25, 0.3) is 0 Å². The van der Waals surface area contributed by atoms with Crippen LogP contribution in [0.5, 0.6) is 5.75 Å². The van der Waals surface area contributed by atoms with Crippen molar-refractivity contribution in [1.29, 1.82) is 0 Å². The second-order valence-corrected chi connectivity index (χ2v) is 7.05. The lowest BCUT2D eigenvalue weighted by Gasteiger charge is -2.07. The van der Waals surface area contributed by atoms with Crippen molar-refractivity contribution >= 4 is 17.8 Å². The van der Waals surface area contributed by atoms with Gasteiger partial charge in [-0.3, -0.25) is 4.79 Å². The first-order valence-electron chi connectivity index (χ1n) is 10.4. The van der Waals surface area contributed by atoms with Crippen LogP contribution in [0, 0.1) is 0 Å². The average Bonchev–Trinajstić information content (AvgIpc) is 2.77. The molecule has 2 aromatic rings. The van der Waals surface area contributed by atoms with Crippen molar-refractivity contribution in [3.63, 3.8) is 0 Å². The topological polar surface area (TPSA) is 78.4 Å². The fourth-order valence-corrected chi connectivity index (χ4v) is 2.93. The molecule has 1 aromatic heterocycles. The van der Waals surface area contributed by atoms with E-state index in [1.807, 2.05) is 24.3 Å². The Balaban J connectivity index is 1.99. The number of benzene rings is 1. The lowest BCUT2D eigenvalue weighted by molar-refractivity contribution is -0.137. The first kappa shape index (κ1) is 23.3. The van der Waals surface area contributed by atoms with Gasteiger partial charge >= 0.3 is 5.97 Å². The van der Waals surface area contributed by atoms with Crippen LogP contribution in [0.25, 0.3) is 17.5 Å². The second kappa shape index (κ2) is 12.5. The molecule has 6 heteroatoms. The van der Waals surface area contributed by atoms with Gasteiger partial charge in [-0.25, -0.2) is 14.8 Å². The maximum absolute atomic E-state index is 11.8. The fourth-order valence-electron chi connectivity index (χ4n) is 2.93. The van der Waals surface area contributed by atoms with E-state index in [1.165, 1.54) is 52.2 Å². The standard InChI is InChI=1S/C24H30N2O4/c1-4-5-6-7-8-9-16-30-21-12-10-19(11-13-21)23-25-15-14-20(26-23)17-22(18(2)27)24(28)29-3/h10-15,17H,4-9,16H2,1-3H3. The highest BCUT2D eigenvalue weighted by Crippen LogP contribution is 2.20. The summed E-state index contributed by atoms with van der Waals surface area (Å²) in [5.74, 6) is 0.246. The molecule has 0 spiro atoms. The third-order valence-corrected chi connectivity index (χ3v) is 4.63. The summed E-state index contributed by atoms with van der Waals surface area (Å²) in [7, 11) is 1.24. The largest absolute Gasteiger partial charge is 0.494 e. The van der Waals surface area contributed by atoms with E-state index < -0.39 is 5.97 Å². The highest BCUT2D eigenvalue weighted by Gasteiger charge is 2.15. The molecule has 0 atom stereocenters. The van der Waals surface area contributed by atoms with Crippen LogP contribution in [0.2, 0.25) is 0 Å². The smallest absolute Gasteiger partial charge is 0.341 e. The Morgan fingerprint density at radius 1 is 1.00 bits per heavy atom. The molecule has 0 fully saturated rings. The van der Waals surface area contributed by atoms with Crippen molar-refractivity contribution in [2.75, 3.05) is 13.7 Å². The van der Waals surface area contributed by atoms with Gasteiger partial charge < -0.3 is 9.47 Å². The first-order chi connectivity index (χ1) is 14.5. The number of nitrogens with zero attached hydrogens (tertiary/aromatic N) is 2. The molecule has 30 heavy (non-hydrogen) atoms. The van der Waals surface area contributed by atoms with Crippen LogP contribution in [0.1, 0.15) is 58.1 Å². The molecule has 0 aliphatic rings. The molecular weight excluding hydrogens is 380 g/mol. The van der Waals surface area contributed by atoms with Gasteiger partial charge in [0, 0.05) is 11.8 Å². The van der Waals surface area contributed by atoms with Gasteiger partial charge in [-0.05, 0) is 49.8 Å². The minimum Gasteiger partial charge on any atom is -0.494 e. The summed E-state index contributed by atoms with van der Waals surface area (Å²) in [5, 5.41) is 0. The van der Waals surface area contributed by atoms with Crippen LogP contribution < -0.4 is 4.74 Å². The van der Waals surface area contributed by atoms with E-state index in [0.29, 0.717) is 18.1 Å². The molecule has 160 valence electrons. The van der Waals surface area contributed by atoms with Gasteiger partial charge in [-0.15, -0.1) is 0 Å². The predicted octanol–water partition coefficient (Wildman–Crippen LogP) is 5.03. The average molecular weight is 411 g/mol. The van der Waals surface area contributed by atoms with Crippen molar-refractivity contribution in [1.82, 2.24) is 9.97 Å². The SMILES string of the molecule is CCCCCCCCOc1ccc(-c2nccc(C=C(C(C)=O)C(=O)OC)n2)cc1. The molecular formula is C24H30N2O4. The van der Waals surface area contributed by atoms with E-state index in [0.717, 1.165) is 17.7 Å². The second-order valence-electron chi connectivity index (χ2n) is 7.05. The summed E-state index contributed by atoms with van der Waals surface area (Å²) < 4.78 is 10.5. The van der Waals surface area contributed by atoms with Gasteiger partial charge in [0.2, 0.25) is 0 Å². The zero-order valence-electron chi connectivity index (χ0n) is 18.0. The number of rotatable bonds is 12. The van der Waals surface area contributed by atoms with Crippen LogP contribution in [0.4, 0.5) is 0 Å². The van der Waals surface area contributed by atoms with Crippen LogP contribution >= 0.6 is 0 Å². The number of carbonyl (C=O) groups is 2. The first-order valence-corrected chi connectivity index (χ1v) is 10.4. The number of methoxy groups -OCH3 is 1. The summed E-state index contributed by atoms with van der Waals surface area (Å²) in [4.78, 5) is 32.2. The number of aromatic nitrogens is 2. The van der Waals surface area contributed by atoms with Gasteiger partial charge in [-0.1, -0.05) is 39.0 Å². The lowest BCUT2D eigenvalue weighted by atomic mass is 10.1. The molecule has 0 unspecified atom stereocenters. The normalized spacial score (nSPS) is 11.2. The molecule has 0 saturated heterocycles. The molecule has 0 N–H and O–H groups in total. The highest BCUT2D eigenvalue weighted by molar-refractivity contribution is 6.19. The zero-order chi connectivity index (χ0) is 21.8. The van der Waals surface area contributed by atoms with E-state index in [2.05, 4.69) is 21.6 Å². The Kier molecular flexibility index (Phi) is 9.71. The minimum atomic E-state index is -0.686. The Labute approximate surface area is 178 Å². The Hall–Kier alpha value is -3.02. The number of ketones is 1. The van der Waals surface area contributed by atoms with E-state index in [4.69, 9.17) is 4.74 Å². The third kappa shape index (κ3) is 7.43. The Bertz CT molecular complexity index is 860. The quantitative estimate of drug-likeness (QED) is 0.161. The number of esters is 1. The third-order valence-electron chi connectivity index (χ3n) is 4.63. The predicted molar refractivity (Wildman–Crippen MR) is 117 cm³/mol. The lowest BCUT2D eigenvalue weighted by Crippen LogP contribution is -2.11. The van der Waals surface area contributed by atoms with Gasteiger partial charge in [0.05, 0.1) is 19.4 Å². The summed E-state index contributed by atoms with van der Waals surface area (Å²) >= 11 is 0. The summed E-state index contributed by atoms with van der Waals surface area (Å²) in [6, 6.07) is 9.21. The number of ether oxygens (including phenoxy) is 2. The van der Waals surface area contributed by atoms with Crippen molar-refractivity contribution < 1.29 is 19.1 Å². The molecule has 1 heterocycles. The van der Waals surface area contributed by atoms with Crippen molar-refractivity contribution in [3.8, 4) is 17.1 Å². The van der Waals surface area contributed by atoms with Crippen LogP contribution in [0.3, 0.4) is 0 Å². The van der Waals surface area contributed by atoms with Crippen LogP contribution in [0.15, 0.2) is 42.1 Å². The minimum absolute atomic E-state index is 0.0550. The Morgan fingerprint density at radius 2 is 1.70 bits per heavy atom. The molecule has 0 bridgehead atoms. The monoisotopic (exact) mass is 410 g/mol. The molecule has 0 saturated carbocycles. The van der Waals surface area contributed by atoms with E-state index >= 15 is 0 Å². The maximum atomic E-state index is 11.8. The molecule has 0 aliphatic heterocycles. The number of Topliss-reactive ketones (excluding diaryl/α,β-unsaturated/α-hetero) is 1. The summed E-state index contributed by atoms with van der Waals surface area (Å²) in [6.07, 6.45) is 10.4. The van der Waals surface area contributed by atoms with E-state index in [9.17, 15) is 9.59 Å². The van der Waals surface area contributed by atoms with Gasteiger partial charge in [-0.2, -0.15) is 0 Å². The van der Waals surface area contributed by atoms with Crippen molar-refractivity contribution in [3.05, 3.63) is 47.8 Å². The summed E-state index contributed by atoms with van der Waals surface area (Å²) in [6.45, 7) is 4.24. The number of hydrogen-bond donors (Lipinski definition) is 0. The molecule has 0 aliphatic carbocycles. The molecule has 0 amide bonds. The van der Waals surface area contributed by atoms with E-state index in [-0.39, 0.29) is 11.4 Å². The molecule has 0 radical (unpaired) electrons. The Morgan fingerprint density at radius 3 is 2.37 bits per heavy atom. The van der Waals surface area contributed by atoms with Crippen molar-refractivity contribution in [2.24, 2.45) is 0 Å². The highest BCUT2D eigenvalue weighted by atomic mass is 16.5.